The van der Waals surface area contributed by atoms with Gasteiger partial charge in [0.2, 0.25) is 0 Å². The smallest absolute Gasteiger partial charge is 0.303 e. The van der Waals surface area contributed by atoms with Crippen LogP contribution in [-0.2, 0) is 4.79 Å². The first-order valence-corrected chi connectivity index (χ1v) is 15.2. The fourth-order valence-electron chi connectivity index (χ4n) is 8.54. The highest BCUT2D eigenvalue weighted by molar-refractivity contribution is 5.66. The van der Waals surface area contributed by atoms with Crippen molar-refractivity contribution >= 4 is 5.97 Å². The summed E-state index contributed by atoms with van der Waals surface area (Å²) in [5.74, 6) is 4.08. The van der Waals surface area contributed by atoms with E-state index in [1.807, 2.05) is 13.8 Å². The van der Waals surface area contributed by atoms with Crippen LogP contribution in [0, 0.1) is 79.0 Å². The summed E-state index contributed by atoms with van der Waals surface area (Å²) in [5.41, 5.74) is 1.15. The summed E-state index contributed by atoms with van der Waals surface area (Å²) in [6.07, 6.45) is 43.0. The van der Waals surface area contributed by atoms with E-state index in [1.54, 1.807) is 0 Å². The lowest BCUT2D eigenvalue weighted by atomic mass is 9.45. The van der Waals surface area contributed by atoms with E-state index in [2.05, 4.69) is 59.3 Å². The fraction of sp³-hybridized carbons (Fsp3) is 0.800. The summed E-state index contributed by atoms with van der Waals surface area (Å²) in [6, 6.07) is 0. The van der Waals surface area contributed by atoms with Crippen molar-refractivity contribution in [1.82, 2.24) is 0 Å². The lowest BCUT2D eigenvalue weighted by Crippen LogP contribution is -2.52. The predicted octanol–water partition coefficient (Wildman–Crippen LogP) is 8.84. The first kappa shape index (κ1) is 38.3. The minimum Gasteiger partial charge on any atom is -0.481 e. The maximum atomic E-state index is 10.9. The summed E-state index contributed by atoms with van der Waals surface area (Å²) >= 11 is 0. The van der Waals surface area contributed by atoms with Crippen LogP contribution in [0.4, 0.5) is 0 Å². The number of aliphatic hydroxyl groups is 1. The molecular formula is C35H60O3. The number of aliphatic carboxylic acids is 1. The zero-order chi connectivity index (χ0) is 29.8. The van der Waals surface area contributed by atoms with Crippen molar-refractivity contribution in [3.63, 3.8) is 0 Å². The summed E-state index contributed by atoms with van der Waals surface area (Å²) < 4.78 is 0. The molecule has 0 saturated heterocycles. The van der Waals surface area contributed by atoms with Crippen LogP contribution in [0.1, 0.15) is 131 Å². The third-order valence-corrected chi connectivity index (χ3v) is 10.2. The van der Waals surface area contributed by atoms with Crippen LogP contribution in [0.2, 0.25) is 0 Å². The number of carboxylic acids is 1. The Kier molecular flexibility index (Phi) is 21.1. The average Bonchev–Trinajstić information content (AvgIpc) is 3.29. The maximum Gasteiger partial charge on any atom is 0.303 e. The van der Waals surface area contributed by atoms with Gasteiger partial charge in [0.05, 0.1) is 0 Å². The largest absolute Gasteiger partial charge is 0.481 e. The zero-order valence-electron chi connectivity index (χ0n) is 25.5. The van der Waals surface area contributed by atoms with Crippen molar-refractivity contribution in [3.05, 3.63) is 0 Å². The molecule has 0 spiro atoms. The number of terminal acetylenes is 3. The van der Waals surface area contributed by atoms with Gasteiger partial charge in [-0.05, 0) is 111 Å². The number of hydrogen-bond acceptors (Lipinski definition) is 2. The lowest BCUT2D eigenvalue weighted by molar-refractivity contribution is -0.137. The first-order valence-electron chi connectivity index (χ1n) is 15.2. The second kappa shape index (κ2) is 21.0. The first-order chi connectivity index (χ1) is 18.4. The minimum atomic E-state index is -0.619. The molecule has 0 aromatic rings. The molecule has 0 amide bonds. The molecule has 4 aliphatic carbocycles. The van der Waals surface area contributed by atoms with Gasteiger partial charge in [-0.15, -0.1) is 38.5 Å². The Morgan fingerprint density at radius 2 is 1.39 bits per heavy atom. The standard InChI is InChI=1S/C23H38O2.C4H10O.C2H6.3C2H2/c1-22-14-4-3-6-16(22)9-11-18-19-12-10-17(7-5-8-21(24)25)23(19,2)15-13-20(18)22;1-2-3-4-5;4*1-2/h16-20H,3-15H2,1-2H3,(H,24,25);5H,2-4H2,1H3;1-2H3;3*1-2H. The number of rotatable bonds is 6. The Morgan fingerprint density at radius 3 is 1.92 bits per heavy atom. The molecule has 4 fully saturated rings. The average molecular weight is 529 g/mol. The number of hydrogen-bond donors (Lipinski definition) is 2. The molecule has 2 N–H and O–H groups in total. The van der Waals surface area contributed by atoms with E-state index < -0.39 is 5.97 Å². The summed E-state index contributed by atoms with van der Waals surface area (Å²) in [7, 11) is 0. The van der Waals surface area contributed by atoms with E-state index in [0.29, 0.717) is 23.9 Å². The van der Waals surface area contributed by atoms with Gasteiger partial charge >= 0.3 is 5.97 Å². The van der Waals surface area contributed by atoms with E-state index >= 15 is 0 Å². The molecule has 4 saturated carbocycles. The summed E-state index contributed by atoms with van der Waals surface area (Å²) in [5, 5.41) is 17.0. The molecule has 4 aliphatic rings. The van der Waals surface area contributed by atoms with Gasteiger partial charge in [0.15, 0.2) is 0 Å². The molecule has 0 radical (unpaired) electrons. The second-order valence-electron chi connectivity index (χ2n) is 11.6. The quantitative estimate of drug-likeness (QED) is 0.339. The molecule has 0 aliphatic heterocycles. The van der Waals surface area contributed by atoms with E-state index in [9.17, 15) is 4.79 Å². The van der Waals surface area contributed by atoms with Crippen molar-refractivity contribution in [3.8, 4) is 38.5 Å². The van der Waals surface area contributed by atoms with Gasteiger partial charge < -0.3 is 10.2 Å². The Balaban J connectivity index is 0. The van der Waals surface area contributed by atoms with Crippen LogP contribution in [0.25, 0.3) is 0 Å². The van der Waals surface area contributed by atoms with E-state index in [-0.39, 0.29) is 0 Å². The molecule has 7 atom stereocenters. The highest BCUT2D eigenvalue weighted by Crippen LogP contribution is 2.67. The predicted molar refractivity (Wildman–Crippen MR) is 164 cm³/mol. The molecule has 7 unspecified atom stereocenters. The van der Waals surface area contributed by atoms with Crippen LogP contribution in [0.5, 0.6) is 0 Å². The number of unbranched alkanes of at least 4 members (excludes halogenated alkanes) is 1. The molecule has 0 aromatic heterocycles. The van der Waals surface area contributed by atoms with Gasteiger partial charge in [0.1, 0.15) is 0 Å². The Morgan fingerprint density at radius 1 is 0.789 bits per heavy atom. The zero-order valence-corrected chi connectivity index (χ0v) is 25.5. The topological polar surface area (TPSA) is 57.5 Å². The minimum absolute atomic E-state index is 0.344. The van der Waals surface area contributed by atoms with Crippen LogP contribution in [0.15, 0.2) is 0 Å². The van der Waals surface area contributed by atoms with Crippen molar-refractivity contribution in [1.29, 1.82) is 0 Å². The van der Waals surface area contributed by atoms with Gasteiger partial charge in [0.25, 0.3) is 0 Å². The molecule has 4 rings (SSSR count). The third kappa shape index (κ3) is 9.69. The third-order valence-electron chi connectivity index (χ3n) is 10.2. The summed E-state index contributed by atoms with van der Waals surface area (Å²) in [6.45, 7) is 11.6. The van der Waals surface area contributed by atoms with Crippen molar-refractivity contribution in [2.45, 2.75) is 131 Å². The molecular weight excluding hydrogens is 468 g/mol. The highest BCUT2D eigenvalue weighted by Gasteiger charge is 2.59. The van der Waals surface area contributed by atoms with Crippen molar-refractivity contribution < 1.29 is 15.0 Å². The Hall–Kier alpha value is -1.89. The van der Waals surface area contributed by atoms with Gasteiger partial charge in [0, 0.05) is 13.0 Å². The molecule has 3 nitrogen and oxygen atoms in total. The molecule has 0 aromatic carbocycles. The second-order valence-corrected chi connectivity index (χ2v) is 11.6. The number of aliphatic hydroxyl groups excluding tert-OH is 1. The number of carboxylic acid groups (broad SMARTS) is 1. The fourth-order valence-corrected chi connectivity index (χ4v) is 8.54. The van der Waals surface area contributed by atoms with E-state index in [1.165, 1.54) is 64.2 Å². The number of carbonyl (C=O) groups is 1. The van der Waals surface area contributed by atoms with Crippen molar-refractivity contribution in [2.24, 2.45) is 40.4 Å². The van der Waals surface area contributed by atoms with Crippen LogP contribution >= 0.6 is 0 Å². The SMILES string of the molecule is C#C.C#C.C#C.CC.CC12CCCCC1CCC1C2CCC2(C)C(CCCC(=O)O)CCC12.CCCCO. The van der Waals surface area contributed by atoms with Gasteiger partial charge in [-0.1, -0.05) is 53.9 Å². The van der Waals surface area contributed by atoms with E-state index in [0.717, 1.165) is 55.3 Å². The Bertz CT molecular complexity index is 660. The molecule has 218 valence electrons. The Labute approximate surface area is 237 Å². The van der Waals surface area contributed by atoms with Gasteiger partial charge in [-0.25, -0.2) is 0 Å². The number of fused-ring (bicyclic) bond motifs is 5. The molecule has 38 heavy (non-hydrogen) atoms. The van der Waals surface area contributed by atoms with Gasteiger partial charge in [-0.2, -0.15) is 0 Å². The van der Waals surface area contributed by atoms with Crippen LogP contribution in [0.3, 0.4) is 0 Å². The maximum absolute atomic E-state index is 10.9. The van der Waals surface area contributed by atoms with Crippen molar-refractivity contribution in [2.75, 3.05) is 6.61 Å². The van der Waals surface area contributed by atoms with Crippen LogP contribution in [-0.4, -0.2) is 22.8 Å². The van der Waals surface area contributed by atoms with Gasteiger partial charge in [-0.3, -0.25) is 4.79 Å². The molecule has 0 heterocycles. The monoisotopic (exact) mass is 528 g/mol. The molecule has 3 heteroatoms. The highest BCUT2D eigenvalue weighted by atomic mass is 16.4. The summed E-state index contributed by atoms with van der Waals surface area (Å²) in [4.78, 5) is 10.9. The molecule has 0 bridgehead atoms. The van der Waals surface area contributed by atoms with Crippen LogP contribution < -0.4 is 0 Å². The van der Waals surface area contributed by atoms with E-state index in [4.69, 9.17) is 10.2 Å². The lowest BCUT2D eigenvalue weighted by Gasteiger charge is -2.60. The normalized spacial score (nSPS) is 33.7.